The molecular weight excluding hydrogens is 174 g/mol. The van der Waals surface area contributed by atoms with Crippen molar-refractivity contribution in [3.05, 3.63) is 0 Å². The first-order chi connectivity index (χ1) is 6.77. The maximum absolute atomic E-state index is 11.4. The van der Waals surface area contributed by atoms with E-state index >= 15 is 0 Å². The Labute approximate surface area is 87.7 Å². The van der Waals surface area contributed by atoms with Gasteiger partial charge in [-0.25, -0.2) is 0 Å². The lowest BCUT2D eigenvalue weighted by atomic mass is 9.91. The third-order valence-corrected chi connectivity index (χ3v) is 3.24. The van der Waals surface area contributed by atoms with Crippen molar-refractivity contribution in [2.24, 2.45) is 5.92 Å². The second kappa shape index (κ2) is 6.05. The maximum Gasteiger partial charge on any atom is 0.222 e. The summed E-state index contributed by atoms with van der Waals surface area (Å²) in [6.07, 6.45) is 7.14. The van der Waals surface area contributed by atoms with Crippen molar-refractivity contribution < 1.29 is 4.79 Å². The molecule has 0 saturated carbocycles. The number of likely N-dealkylation sites (tertiary alicyclic amines) is 1. The van der Waals surface area contributed by atoms with Crippen LogP contribution in [0.1, 0.15) is 52.4 Å². The molecule has 1 heterocycles. The van der Waals surface area contributed by atoms with Crippen molar-refractivity contribution in [3.63, 3.8) is 0 Å². The standard InChI is InChI=1S/C12H23NO/c1-3-5-6-11-7-9-13(10-8-11)12(14)4-2/h11H,3-10H2,1-2H3. The summed E-state index contributed by atoms with van der Waals surface area (Å²) in [4.78, 5) is 13.4. The summed E-state index contributed by atoms with van der Waals surface area (Å²) < 4.78 is 0. The average Bonchev–Trinajstić information content (AvgIpc) is 2.26. The van der Waals surface area contributed by atoms with Crippen LogP contribution in [0.15, 0.2) is 0 Å². The predicted octanol–water partition coefficient (Wildman–Crippen LogP) is 2.83. The Balaban J connectivity index is 2.20. The van der Waals surface area contributed by atoms with Gasteiger partial charge in [0.05, 0.1) is 0 Å². The predicted molar refractivity (Wildman–Crippen MR) is 59.1 cm³/mol. The Bertz CT molecular complexity index is 171. The molecule has 0 radical (unpaired) electrons. The van der Waals surface area contributed by atoms with Crippen molar-refractivity contribution in [2.45, 2.75) is 52.4 Å². The third-order valence-electron chi connectivity index (χ3n) is 3.24. The minimum atomic E-state index is 0.332. The molecule has 0 atom stereocenters. The number of amides is 1. The Morgan fingerprint density at radius 3 is 2.43 bits per heavy atom. The molecule has 0 aliphatic carbocycles. The lowest BCUT2D eigenvalue weighted by Gasteiger charge is -2.31. The first-order valence-corrected chi connectivity index (χ1v) is 6.05. The number of unbranched alkanes of at least 4 members (excludes halogenated alkanes) is 1. The summed E-state index contributed by atoms with van der Waals surface area (Å²) in [6.45, 7) is 6.20. The zero-order chi connectivity index (χ0) is 10.4. The van der Waals surface area contributed by atoms with Crippen LogP contribution in [-0.4, -0.2) is 23.9 Å². The molecule has 0 aromatic rings. The zero-order valence-electron chi connectivity index (χ0n) is 9.59. The molecule has 82 valence electrons. The lowest BCUT2D eigenvalue weighted by Crippen LogP contribution is -2.38. The molecule has 14 heavy (non-hydrogen) atoms. The van der Waals surface area contributed by atoms with Crippen molar-refractivity contribution >= 4 is 5.91 Å². The molecule has 1 aliphatic heterocycles. The van der Waals surface area contributed by atoms with Gasteiger partial charge in [-0.15, -0.1) is 0 Å². The van der Waals surface area contributed by atoms with E-state index in [1.54, 1.807) is 0 Å². The summed E-state index contributed by atoms with van der Waals surface area (Å²) in [7, 11) is 0. The highest BCUT2D eigenvalue weighted by molar-refractivity contribution is 5.75. The number of carbonyl (C=O) groups is 1. The Morgan fingerprint density at radius 2 is 1.93 bits per heavy atom. The van der Waals surface area contributed by atoms with Gasteiger partial charge >= 0.3 is 0 Å². The minimum Gasteiger partial charge on any atom is -0.343 e. The Morgan fingerprint density at radius 1 is 1.29 bits per heavy atom. The van der Waals surface area contributed by atoms with Crippen LogP contribution in [-0.2, 0) is 4.79 Å². The van der Waals surface area contributed by atoms with Gasteiger partial charge in [-0.2, -0.15) is 0 Å². The minimum absolute atomic E-state index is 0.332. The highest BCUT2D eigenvalue weighted by atomic mass is 16.2. The molecule has 2 nitrogen and oxygen atoms in total. The molecular formula is C12H23NO. The van der Waals surface area contributed by atoms with Gasteiger partial charge in [0.1, 0.15) is 0 Å². The van der Waals surface area contributed by atoms with Crippen LogP contribution < -0.4 is 0 Å². The van der Waals surface area contributed by atoms with Crippen LogP contribution in [0.25, 0.3) is 0 Å². The molecule has 0 aromatic heterocycles. The van der Waals surface area contributed by atoms with Crippen LogP contribution in [0.2, 0.25) is 0 Å². The van der Waals surface area contributed by atoms with Gasteiger partial charge in [-0.05, 0) is 18.8 Å². The van der Waals surface area contributed by atoms with E-state index in [0.29, 0.717) is 12.3 Å². The van der Waals surface area contributed by atoms with Crippen molar-refractivity contribution in [1.82, 2.24) is 4.90 Å². The molecule has 1 aliphatic rings. The van der Waals surface area contributed by atoms with Gasteiger partial charge in [-0.1, -0.05) is 33.1 Å². The van der Waals surface area contributed by atoms with E-state index in [0.717, 1.165) is 19.0 Å². The Kier molecular flexibility index (Phi) is 4.99. The smallest absolute Gasteiger partial charge is 0.222 e. The third kappa shape index (κ3) is 3.32. The van der Waals surface area contributed by atoms with Gasteiger partial charge in [0.15, 0.2) is 0 Å². The first-order valence-electron chi connectivity index (χ1n) is 6.05. The van der Waals surface area contributed by atoms with E-state index in [-0.39, 0.29) is 0 Å². The summed E-state index contributed by atoms with van der Waals surface area (Å²) in [5.41, 5.74) is 0. The van der Waals surface area contributed by atoms with Crippen LogP contribution in [0, 0.1) is 5.92 Å². The SMILES string of the molecule is CCCCC1CCN(C(=O)CC)CC1. The molecule has 1 rings (SSSR count). The van der Waals surface area contributed by atoms with Crippen molar-refractivity contribution in [2.75, 3.05) is 13.1 Å². The lowest BCUT2D eigenvalue weighted by molar-refractivity contribution is -0.132. The number of piperidine rings is 1. The maximum atomic E-state index is 11.4. The second-order valence-electron chi connectivity index (χ2n) is 4.32. The number of hydrogen-bond donors (Lipinski definition) is 0. The number of hydrogen-bond acceptors (Lipinski definition) is 1. The van der Waals surface area contributed by atoms with Gasteiger partial charge < -0.3 is 4.90 Å². The van der Waals surface area contributed by atoms with E-state index in [4.69, 9.17) is 0 Å². The van der Waals surface area contributed by atoms with Gasteiger partial charge in [-0.3, -0.25) is 4.79 Å². The van der Waals surface area contributed by atoms with Crippen LogP contribution in [0.3, 0.4) is 0 Å². The average molecular weight is 197 g/mol. The topological polar surface area (TPSA) is 20.3 Å². The van der Waals surface area contributed by atoms with Crippen molar-refractivity contribution in [1.29, 1.82) is 0 Å². The van der Waals surface area contributed by atoms with Gasteiger partial charge in [0.25, 0.3) is 0 Å². The molecule has 0 N–H and O–H groups in total. The highest BCUT2D eigenvalue weighted by Gasteiger charge is 2.20. The summed E-state index contributed by atoms with van der Waals surface area (Å²) in [6, 6.07) is 0. The molecule has 0 aromatic carbocycles. The first kappa shape index (κ1) is 11.5. The number of rotatable bonds is 4. The molecule has 1 fully saturated rings. The molecule has 0 spiro atoms. The quantitative estimate of drug-likeness (QED) is 0.678. The summed E-state index contributed by atoms with van der Waals surface area (Å²) in [5, 5.41) is 0. The molecule has 0 unspecified atom stereocenters. The zero-order valence-corrected chi connectivity index (χ0v) is 9.59. The Hall–Kier alpha value is -0.530. The number of carbonyl (C=O) groups excluding carboxylic acids is 1. The van der Waals surface area contributed by atoms with E-state index in [1.165, 1.54) is 32.1 Å². The van der Waals surface area contributed by atoms with Crippen LogP contribution >= 0.6 is 0 Å². The van der Waals surface area contributed by atoms with E-state index in [9.17, 15) is 4.79 Å². The van der Waals surface area contributed by atoms with Gasteiger partial charge in [0.2, 0.25) is 5.91 Å². The molecule has 2 heteroatoms. The van der Waals surface area contributed by atoms with Gasteiger partial charge in [0, 0.05) is 19.5 Å². The largest absolute Gasteiger partial charge is 0.343 e. The number of nitrogens with zero attached hydrogens (tertiary/aromatic N) is 1. The second-order valence-corrected chi connectivity index (χ2v) is 4.32. The fraction of sp³-hybridized carbons (Fsp3) is 0.917. The molecule has 1 saturated heterocycles. The normalized spacial score (nSPS) is 18.6. The van der Waals surface area contributed by atoms with E-state index in [2.05, 4.69) is 6.92 Å². The summed E-state index contributed by atoms with van der Waals surface area (Å²) in [5.74, 6) is 1.22. The molecule has 0 bridgehead atoms. The highest BCUT2D eigenvalue weighted by Crippen LogP contribution is 2.22. The van der Waals surface area contributed by atoms with E-state index < -0.39 is 0 Å². The van der Waals surface area contributed by atoms with E-state index in [1.807, 2.05) is 11.8 Å². The van der Waals surface area contributed by atoms with Crippen molar-refractivity contribution in [3.8, 4) is 0 Å². The fourth-order valence-electron chi connectivity index (χ4n) is 2.19. The summed E-state index contributed by atoms with van der Waals surface area (Å²) >= 11 is 0. The fourth-order valence-corrected chi connectivity index (χ4v) is 2.19. The van der Waals surface area contributed by atoms with Crippen LogP contribution in [0.4, 0.5) is 0 Å². The monoisotopic (exact) mass is 197 g/mol. The molecule has 1 amide bonds. The van der Waals surface area contributed by atoms with Crippen LogP contribution in [0.5, 0.6) is 0 Å².